The van der Waals surface area contributed by atoms with Crippen molar-refractivity contribution in [2.75, 3.05) is 20.7 Å². The number of amides is 1. The van der Waals surface area contributed by atoms with E-state index in [-0.39, 0.29) is 12.5 Å². The lowest BCUT2D eigenvalue weighted by molar-refractivity contribution is 0.0680. The van der Waals surface area contributed by atoms with Crippen LogP contribution in [0.25, 0.3) is 0 Å². The molecule has 0 fully saturated rings. The van der Waals surface area contributed by atoms with Gasteiger partial charge < -0.3 is 14.7 Å². The van der Waals surface area contributed by atoms with E-state index in [9.17, 15) is 9.90 Å². The van der Waals surface area contributed by atoms with Crippen LogP contribution in [0.15, 0.2) is 53.0 Å². The number of hydrogen-bond acceptors (Lipinski definition) is 3. The van der Waals surface area contributed by atoms with Crippen molar-refractivity contribution in [3.8, 4) is 5.75 Å². The number of methoxy groups -OCH3 is 1. The molecular weight excluding hydrogens is 346 g/mol. The zero-order valence-corrected chi connectivity index (χ0v) is 14.1. The van der Waals surface area contributed by atoms with Gasteiger partial charge >= 0.3 is 0 Å². The molecule has 1 atom stereocenters. The van der Waals surface area contributed by atoms with E-state index in [1.807, 2.05) is 30.3 Å². The van der Waals surface area contributed by atoms with Gasteiger partial charge in [-0.15, -0.1) is 0 Å². The quantitative estimate of drug-likeness (QED) is 0.886. The molecular formula is C17H18BrNO3. The van der Waals surface area contributed by atoms with Crippen molar-refractivity contribution in [1.29, 1.82) is 0 Å². The third kappa shape index (κ3) is 4.08. The molecule has 22 heavy (non-hydrogen) atoms. The summed E-state index contributed by atoms with van der Waals surface area (Å²) in [6, 6.07) is 14.4. The topological polar surface area (TPSA) is 49.8 Å². The van der Waals surface area contributed by atoms with E-state index in [2.05, 4.69) is 15.9 Å². The van der Waals surface area contributed by atoms with Crippen LogP contribution in [0.5, 0.6) is 5.75 Å². The smallest absolute Gasteiger partial charge is 0.253 e. The average molecular weight is 364 g/mol. The normalized spacial score (nSPS) is 11.8. The van der Waals surface area contributed by atoms with Gasteiger partial charge in [-0.25, -0.2) is 0 Å². The molecule has 0 spiro atoms. The molecule has 0 aliphatic heterocycles. The van der Waals surface area contributed by atoms with E-state index in [0.717, 1.165) is 4.47 Å². The maximum atomic E-state index is 12.4. The van der Waals surface area contributed by atoms with Crippen molar-refractivity contribution in [3.63, 3.8) is 0 Å². The first-order valence-electron chi connectivity index (χ1n) is 6.84. The molecule has 2 aromatic rings. The summed E-state index contributed by atoms with van der Waals surface area (Å²) in [6.07, 6.45) is -0.767. The highest BCUT2D eigenvalue weighted by Crippen LogP contribution is 2.20. The Balaban J connectivity index is 2.07. The largest absolute Gasteiger partial charge is 0.497 e. The molecule has 0 saturated heterocycles. The van der Waals surface area contributed by atoms with Crippen molar-refractivity contribution in [1.82, 2.24) is 4.90 Å². The van der Waals surface area contributed by atoms with Crippen LogP contribution < -0.4 is 4.74 Å². The molecule has 0 bridgehead atoms. The Morgan fingerprint density at radius 2 is 2.00 bits per heavy atom. The number of nitrogens with zero attached hydrogens (tertiary/aromatic N) is 1. The fourth-order valence-corrected chi connectivity index (χ4v) is 2.54. The van der Waals surface area contributed by atoms with Gasteiger partial charge in [0.2, 0.25) is 0 Å². The molecule has 2 rings (SSSR count). The molecule has 2 aromatic carbocycles. The standard InChI is InChI=1S/C17H18BrNO3/c1-19(17(21)13-6-3-7-14(18)9-13)11-16(20)12-5-4-8-15(10-12)22-2/h3-10,16,20H,11H2,1-2H3. The first-order valence-corrected chi connectivity index (χ1v) is 7.63. The minimum atomic E-state index is -0.767. The van der Waals surface area contributed by atoms with Crippen molar-refractivity contribution in [2.45, 2.75) is 6.10 Å². The summed E-state index contributed by atoms with van der Waals surface area (Å²) in [5.41, 5.74) is 1.29. The molecule has 0 aliphatic rings. The lowest BCUT2D eigenvalue weighted by Crippen LogP contribution is -2.31. The van der Waals surface area contributed by atoms with Crippen LogP contribution in [0, 0.1) is 0 Å². The molecule has 5 heteroatoms. The maximum absolute atomic E-state index is 12.4. The Kier molecular flexibility index (Phi) is 5.57. The van der Waals surface area contributed by atoms with Crippen molar-refractivity contribution in [2.24, 2.45) is 0 Å². The lowest BCUT2D eigenvalue weighted by Gasteiger charge is -2.21. The number of rotatable bonds is 5. The monoisotopic (exact) mass is 363 g/mol. The number of benzene rings is 2. The molecule has 0 saturated carbocycles. The number of aliphatic hydroxyl groups excluding tert-OH is 1. The highest BCUT2D eigenvalue weighted by atomic mass is 79.9. The third-order valence-electron chi connectivity index (χ3n) is 3.34. The molecule has 116 valence electrons. The molecule has 4 nitrogen and oxygen atoms in total. The summed E-state index contributed by atoms with van der Waals surface area (Å²) in [5.74, 6) is 0.542. The van der Waals surface area contributed by atoms with E-state index >= 15 is 0 Å². The summed E-state index contributed by atoms with van der Waals surface area (Å²) in [7, 11) is 3.25. The van der Waals surface area contributed by atoms with Crippen molar-refractivity contribution < 1.29 is 14.6 Å². The van der Waals surface area contributed by atoms with E-state index in [4.69, 9.17) is 4.74 Å². The van der Waals surface area contributed by atoms with Crippen LogP contribution in [0.3, 0.4) is 0 Å². The Hall–Kier alpha value is -1.85. The molecule has 0 aromatic heterocycles. The molecule has 1 unspecified atom stereocenters. The van der Waals surface area contributed by atoms with Crippen LogP contribution in [-0.4, -0.2) is 36.6 Å². The molecule has 1 N–H and O–H groups in total. The average Bonchev–Trinajstić information content (AvgIpc) is 2.54. The Morgan fingerprint density at radius 1 is 1.27 bits per heavy atom. The van der Waals surface area contributed by atoms with Gasteiger partial charge in [0.1, 0.15) is 5.75 Å². The summed E-state index contributed by atoms with van der Waals surface area (Å²) < 4.78 is 5.99. The Labute approximate surface area is 138 Å². The van der Waals surface area contributed by atoms with Gasteiger partial charge in [0.25, 0.3) is 5.91 Å². The summed E-state index contributed by atoms with van der Waals surface area (Å²) in [4.78, 5) is 13.9. The number of ether oxygens (including phenoxy) is 1. The van der Waals surface area contributed by atoms with Crippen LogP contribution in [0.1, 0.15) is 22.0 Å². The van der Waals surface area contributed by atoms with E-state index < -0.39 is 6.10 Å². The maximum Gasteiger partial charge on any atom is 0.253 e. The molecule has 0 radical (unpaired) electrons. The van der Waals surface area contributed by atoms with Gasteiger partial charge in [-0.3, -0.25) is 4.79 Å². The summed E-state index contributed by atoms with van der Waals surface area (Å²) in [5, 5.41) is 10.3. The number of likely N-dealkylation sites (N-methyl/N-ethyl adjacent to an activating group) is 1. The zero-order chi connectivity index (χ0) is 16.1. The number of aliphatic hydroxyl groups is 1. The van der Waals surface area contributed by atoms with Gasteiger partial charge in [0, 0.05) is 17.1 Å². The molecule has 0 aliphatic carbocycles. The zero-order valence-electron chi connectivity index (χ0n) is 12.5. The second-order valence-corrected chi connectivity index (χ2v) is 5.90. The van der Waals surface area contributed by atoms with E-state index in [1.54, 1.807) is 32.4 Å². The summed E-state index contributed by atoms with van der Waals surface area (Å²) >= 11 is 3.35. The second-order valence-electron chi connectivity index (χ2n) is 4.99. The van der Waals surface area contributed by atoms with E-state index in [1.165, 1.54) is 4.90 Å². The van der Waals surface area contributed by atoms with Crippen LogP contribution >= 0.6 is 15.9 Å². The minimum absolute atomic E-state index is 0.136. The summed E-state index contributed by atoms with van der Waals surface area (Å²) in [6.45, 7) is 0.207. The fourth-order valence-electron chi connectivity index (χ4n) is 2.14. The van der Waals surface area contributed by atoms with Crippen LogP contribution in [0.4, 0.5) is 0 Å². The first-order chi connectivity index (χ1) is 10.5. The number of carbonyl (C=O) groups excluding carboxylic acids is 1. The van der Waals surface area contributed by atoms with Gasteiger partial charge in [-0.2, -0.15) is 0 Å². The van der Waals surface area contributed by atoms with Crippen molar-refractivity contribution in [3.05, 3.63) is 64.1 Å². The van der Waals surface area contributed by atoms with Crippen LogP contribution in [0.2, 0.25) is 0 Å². The third-order valence-corrected chi connectivity index (χ3v) is 3.84. The van der Waals surface area contributed by atoms with Gasteiger partial charge in [-0.1, -0.05) is 34.1 Å². The van der Waals surface area contributed by atoms with Gasteiger partial charge in [-0.05, 0) is 35.9 Å². The predicted molar refractivity (Wildman–Crippen MR) is 89.1 cm³/mol. The number of hydrogen-bond donors (Lipinski definition) is 1. The van der Waals surface area contributed by atoms with Gasteiger partial charge in [0.05, 0.1) is 19.8 Å². The molecule has 1 amide bonds. The SMILES string of the molecule is COc1cccc(C(O)CN(C)C(=O)c2cccc(Br)c2)c1. The Morgan fingerprint density at radius 3 is 2.68 bits per heavy atom. The lowest BCUT2D eigenvalue weighted by atomic mass is 10.1. The highest BCUT2D eigenvalue weighted by molar-refractivity contribution is 9.10. The Bertz CT molecular complexity index is 660. The number of halogens is 1. The van der Waals surface area contributed by atoms with Gasteiger partial charge in [0.15, 0.2) is 0 Å². The number of carbonyl (C=O) groups is 1. The van der Waals surface area contributed by atoms with E-state index in [0.29, 0.717) is 16.9 Å². The van der Waals surface area contributed by atoms with Crippen molar-refractivity contribution >= 4 is 21.8 Å². The highest BCUT2D eigenvalue weighted by Gasteiger charge is 2.17. The minimum Gasteiger partial charge on any atom is -0.497 e. The molecule has 0 heterocycles. The van der Waals surface area contributed by atoms with Crippen LogP contribution in [-0.2, 0) is 0 Å². The fraction of sp³-hybridized carbons (Fsp3) is 0.235. The first kappa shape index (κ1) is 16.5. The predicted octanol–water partition coefficient (Wildman–Crippen LogP) is 3.26. The second kappa shape index (κ2) is 7.42.